The zero-order valence-electron chi connectivity index (χ0n) is 16.7. The van der Waals surface area contributed by atoms with Crippen LogP contribution in [0.5, 0.6) is 0 Å². The van der Waals surface area contributed by atoms with Gasteiger partial charge in [0.25, 0.3) is 11.5 Å². The standard InChI is InChI=1S/C20H23N5O4/c1-12(2)25-17(9-10-21-25)22-19(27)13(3)29-18(26)11-16-14-7-5-6-8-15(14)20(28)24(4)23-16/h5-10,12-13H,11H2,1-4H3,(H,22,27). The van der Waals surface area contributed by atoms with Crippen molar-refractivity contribution in [3.63, 3.8) is 0 Å². The van der Waals surface area contributed by atoms with Crippen LogP contribution in [-0.2, 0) is 27.8 Å². The third-order valence-electron chi connectivity index (χ3n) is 4.43. The zero-order chi connectivity index (χ0) is 21.1. The minimum atomic E-state index is -1.00. The Labute approximate surface area is 167 Å². The fourth-order valence-electron chi connectivity index (χ4n) is 2.99. The number of carbonyl (C=O) groups is 2. The van der Waals surface area contributed by atoms with Crippen LogP contribution in [0.1, 0.15) is 32.5 Å². The summed E-state index contributed by atoms with van der Waals surface area (Å²) in [5.41, 5.74) is 0.172. The monoisotopic (exact) mass is 397 g/mol. The number of amides is 1. The van der Waals surface area contributed by atoms with Gasteiger partial charge in [0.2, 0.25) is 0 Å². The van der Waals surface area contributed by atoms with Gasteiger partial charge in [0.15, 0.2) is 6.10 Å². The molecule has 3 aromatic rings. The van der Waals surface area contributed by atoms with Gasteiger partial charge in [0.05, 0.1) is 23.7 Å². The molecular weight excluding hydrogens is 374 g/mol. The van der Waals surface area contributed by atoms with E-state index in [2.05, 4.69) is 15.5 Å². The predicted octanol–water partition coefficient (Wildman–Crippen LogP) is 1.82. The van der Waals surface area contributed by atoms with Gasteiger partial charge in [0, 0.05) is 24.5 Å². The smallest absolute Gasteiger partial charge is 0.312 e. The van der Waals surface area contributed by atoms with Crippen molar-refractivity contribution in [1.29, 1.82) is 0 Å². The Kier molecular flexibility index (Phi) is 5.76. The average molecular weight is 397 g/mol. The third kappa shape index (κ3) is 4.34. The summed E-state index contributed by atoms with van der Waals surface area (Å²) in [5.74, 6) is -0.543. The lowest BCUT2D eigenvalue weighted by molar-refractivity contribution is -0.152. The van der Waals surface area contributed by atoms with Gasteiger partial charge in [-0.05, 0) is 26.8 Å². The number of esters is 1. The Bertz CT molecular complexity index is 1120. The number of fused-ring (bicyclic) bond motifs is 1. The highest BCUT2D eigenvalue weighted by molar-refractivity contribution is 5.95. The largest absolute Gasteiger partial charge is 0.452 e. The van der Waals surface area contributed by atoms with Crippen molar-refractivity contribution in [1.82, 2.24) is 19.6 Å². The molecule has 0 saturated heterocycles. The predicted molar refractivity (Wildman–Crippen MR) is 107 cm³/mol. The molecular formula is C20H23N5O4. The summed E-state index contributed by atoms with van der Waals surface area (Å²) in [6, 6.07) is 8.68. The molecule has 0 bridgehead atoms. The fourth-order valence-corrected chi connectivity index (χ4v) is 2.99. The van der Waals surface area contributed by atoms with Crippen LogP contribution < -0.4 is 10.9 Å². The molecule has 29 heavy (non-hydrogen) atoms. The van der Waals surface area contributed by atoms with Crippen LogP contribution in [0, 0.1) is 0 Å². The highest BCUT2D eigenvalue weighted by atomic mass is 16.5. The summed E-state index contributed by atoms with van der Waals surface area (Å²) in [7, 11) is 1.53. The van der Waals surface area contributed by atoms with Crippen LogP contribution in [0.25, 0.3) is 10.8 Å². The maximum Gasteiger partial charge on any atom is 0.312 e. The number of benzene rings is 1. The first kappa shape index (κ1) is 20.2. The van der Waals surface area contributed by atoms with E-state index in [0.29, 0.717) is 22.3 Å². The lowest BCUT2D eigenvalue weighted by Gasteiger charge is -2.16. The van der Waals surface area contributed by atoms with Crippen LogP contribution in [0.4, 0.5) is 5.82 Å². The Morgan fingerprint density at radius 2 is 1.83 bits per heavy atom. The minimum Gasteiger partial charge on any atom is -0.452 e. The van der Waals surface area contributed by atoms with Crippen molar-refractivity contribution >= 4 is 28.5 Å². The fraction of sp³-hybridized carbons (Fsp3) is 0.350. The van der Waals surface area contributed by atoms with Gasteiger partial charge in [-0.15, -0.1) is 0 Å². The molecule has 2 heterocycles. The number of ether oxygens (including phenoxy) is 1. The van der Waals surface area contributed by atoms with E-state index in [9.17, 15) is 14.4 Å². The van der Waals surface area contributed by atoms with Gasteiger partial charge in [0.1, 0.15) is 5.82 Å². The molecule has 0 aliphatic rings. The first-order valence-electron chi connectivity index (χ1n) is 9.26. The van der Waals surface area contributed by atoms with Crippen molar-refractivity contribution in [2.24, 2.45) is 7.05 Å². The second-order valence-electron chi connectivity index (χ2n) is 6.97. The van der Waals surface area contributed by atoms with Gasteiger partial charge in [-0.3, -0.25) is 14.4 Å². The Morgan fingerprint density at radius 3 is 2.52 bits per heavy atom. The van der Waals surface area contributed by atoms with Crippen LogP contribution in [-0.4, -0.2) is 37.5 Å². The number of hydrogen-bond donors (Lipinski definition) is 1. The first-order valence-corrected chi connectivity index (χ1v) is 9.26. The molecule has 152 valence electrons. The Morgan fingerprint density at radius 1 is 1.14 bits per heavy atom. The molecule has 0 radical (unpaired) electrons. The van der Waals surface area contributed by atoms with E-state index in [1.807, 2.05) is 13.8 Å². The van der Waals surface area contributed by atoms with Gasteiger partial charge < -0.3 is 10.1 Å². The second-order valence-corrected chi connectivity index (χ2v) is 6.97. The molecule has 0 spiro atoms. The molecule has 3 rings (SSSR count). The topological polar surface area (TPSA) is 108 Å². The lowest BCUT2D eigenvalue weighted by atomic mass is 10.1. The summed E-state index contributed by atoms with van der Waals surface area (Å²) in [4.78, 5) is 37.0. The molecule has 9 heteroatoms. The molecule has 1 aromatic carbocycles. The molecule has 1 atom stereocenters. The molecule has 1 unspecified atom stereocenters. The lowest BCUT2D eigenvalue weighted by Crippen LogP contribution is -2.32. The number of aryl methyl sites for hydroxylation is 1. The van der Waals surface area contributed by atoms with Gasteiger partial charge in [-0.1, -0.05) is 18.2 Å². The van der Waals surface area contributed by atoms with E-state index in [1.165, 1.54) is 18.7 Å². The third-order valence-corrected chi connectivity index (χ3v) is 4.43. The minimum absolute atomic E-state index is 0.0715. The number of aromatic nitrogens is 4. The first-order chi connectivity index (χ1) is 13.8. The van der Waals surface area contributed by atoms with Crippen molar-refractivity contribution in [2.45, 2.75) is 39.3 Å². The number of nitrogens with zero attached hydrogens (tertiary/aromatic N) is 4. The van der Waals surface area contributed by atoms with Crippen LogP contribution in [0.15, 0.2) is 41.3 Å². The number of anilines is 1. The summed E-state index contributed by atoms with van der Waals surface area (Å²) >= 11 is 0. The Hall–Kier alpha value is -3.49. The average Bonchev–Trinajstić information content (AvgIpc) is 3.14. The second kappa shape index (κ2) is 8.26. The highest BCUT2D eigenvalue weighted by Gasteiger charge is 2.21. The molecule has 0 fully saturated rings. The quantitative estimate of drug-likeness (QED) is 0.636. The molecule has 1 amide bonds. The van der Waals surface area contributed by atoms with Crippen LogP contribution >= 0.6 is 0 Å². The maximum absolute atomic E-state index is 12.4. The van der Waals surface area contributed by atoms with Gasteiger partial charge in [-0.25, -0.2) is 9.36 Å². The Balaban J connectivity index is 1.70. The number of carbonyl (C=O) groups excluding carboxylic acids is 2. The van der Waals surface area contributed by atoms with Gasteiger partial charge in [-0.2, -0.15) is 10.2 Å². The van der Waals surface area contributed by atoms with E-state index in [0.717, 1.165) is 0 Å². The summed E-state index contributed by atoms with van der Waals surface area (Å²) < 4.78 is 8.12. The van der Waals surface area contributed by atoms with Gasteiger partial charge >= 0.3 is 5.97 Å². The number of hydrogen-bond acceptors (Lipinski definition) is 6. The molecule has 0 aliphatic heterocycles. The van der Waals surface area contributed by atoms with Crippen molar-refractivity contribution < 1.29 is 14.3 Å². The molecule has 9 nitrogen and oxygen atoms in total. The van der Waals surface area contributed by atoms with E-state index < -0.39 is 18.0 Å². The molecule has 1 N–H and O–H groups in total. The van der Waals surface area contributed by atoms with Crippen molar-refractivity contribution in [3.8, 4) is 0 Å². The van der Waals surface area contributed by atoms with Crippen molar-refractivity contribution in [3.05, 3.63) is 52.6 Å². The van der Waals surface area contributed by atoms with E-state index in [-0.39, 0.29) is 18.0 Å². The number of nitrogens with one attached hydrogen (secondary N) is 1. The molecule has 2 aromatic heterocycles. The van der Waals surface area contributed by atoms with E-state index >= 15 is 0 Å². The normalized spacial score (nSPS) is 12.2. The number of rotatable bonds is 6. The summed E-state index contributed by atoms with van der Waals surface area (Å²) in [6.07, 6.45) is 0.427. The van der Waals surface area contributed by atoms with E-state index in [1.54, 1.807) is 41.2 Å². The summed E-state index contributed by atoms with van der Waals surface area (Å²) in [6.45, 7) is 5.38. The SMILES string of the molecule is CC(OC(=O)Cc1nn(C)c(=O)c2ccccc12)C(=O)Nc1ccnn1C(C)C. The molecule has 0 aliphatic carbocycles. The highest BCUT2D eigenvalue weighted by Crippen LogP contribution is 2.15. The van der Waals surface area contributed by atoms with Crippen LogP contribution in [0.3, 0.4) is 0 Å². The van der Waals surface area contributed by atoms with E-state index in [4.69, 9.17) is 4.74 Å². The summed E-state index contributed by atoms with van der Waals surface area (Å²) in [5, 5.41) is 12.1. The molecule has 0 saturated carbocycles. The maximum atomic E-state index is 12.4. The van der Waals surface area contributed by atoms with Crippen molar-refractivity contribution in [2.75, 3.05) is 5.32 Å². The zero-order valence-corrected chi connectivity index (χ0v) is 16.7. The van der Waals surface area contributed by atoms with Crippen LogP contribution in [0.2, 0.25) is 0 Å².